The van der Waals surface area contributed by atoms with Gasteiger partial charge >= 0.3 is 0 Å². The van der Waals surface area contributed by atoms with Gasteiger partial charge in [-0.25, -0.2) is 0 Å². The Labute approximate surface area is 91.3 Å². The largest absolute Gasteiger partial charge is 0.364 e. The second-order valence-corrected chi connectivity index (χ2v) is 4.22. The van der Waals surface area contributed by atoms with Gasteiger partial charge in [0.15, 0.2) is 0 Å². The Morgan fingerprint density at radius 2 is 2.20 bits per heavy atom. The highest BCUT2D eigenvalue weighted by Gasteiger charge is 2.11. The molecule has 0 unspecified atom stereocenters. The van der Waals surface area contributed by atoms with Crippen molar-refractivity contribution in [2.24, 2.45) is 0 Å². The summed E-state index contributed by atoms with van der Waals surface area (Å²) in [5, 5.41) is 3.37. The van der Waals surface area contributed by atoms with Gasteiger partial charge in [-0.1, -0.05) is 0 Å². The average Bonchev–Trinajstić information content (AvgIpc) is 2.71. The summed E-state index contributed by atoms with van der Waals surface area (Å²) in [5.41, 5.74) is 1.28. The molecule has 4 heteroatoms. The van der Waals surface area contributed by atoms with E-state index < -0.39 is 0 Å². The van der Waals surface area contributed by atoms with Crippen LogP contribution >= 0.6 is 0 Å². The van der Waals surface area contributed by atoms with E-state index in [1.54, 1.807) is 0 Å². The van der Waals surface area contributed by atoms with Crippen molar-refractivity contribution in [2.45, 2.75) is 6.54 Å². The van der Waals surface area contributed by atoms with Gasteiger partial charge in [-0.3, -0.25) is 9.80 Å². The normalized spacial score (nSPS) is 18.5. The predicted molar refractivity (Wildman–Crippen MR) is 61.6 cm³/mol. The molecule has 0 radical (unpaired) electrons. The molecular formula is C11H20N4. The molecule has 2 N–H and O–H groups in total. The third-order valence-corrected chi connectivity index (χ3v) is 2.75. The Bertz CT molecular complexity index is 264. The molecule has 2 rings (SSSR count). The zero-order chi connectivity index (χ0) is 10.5. The SMILES string of the molecule is CN(Cc1ccc[nH]1)CN1CCNCC1. The van der Waals surface area contributed by atoms with Gasteiger partial charge < -0.3 is 10.3 Å². The molecule has 0 atom stereocenters. The standard InChI is InChI=1S/C11H20N4/c1-14(9-11-3-2-4-13-11)10-15-7-5-12-6-8-15/h2-4,12-13H,5-10H2,1H3. The fraction of sp³-hybridized carbons (Fsp3) is 0.636. The number of hydrogen-bond acceptors (Lipinski definition) is 3. The average molecular weight is 208 g/mol. The van der Waals surface area contributed by atoms with Crippen molar-refractivity contribution < 1.29 is 0 Å². The van der Waals surface area contributed by atoms with Crippen LogP contribution in [0, 0.1) is 0 Å². The van der Waals surface area contributed by atoms with Crippen LogP contribution < -0.4 is 5.32 Å². The van der Waals surface area contributed by atoms with Gasteiger partial charge in [-0.15, -0.1) is 0 Å². The number of nitrogens with zero attached hydrogens (tertiary/aromatic N) is 2. The number of nitrogens with one attached hydrogen (secondary N) is 2. The smallest absolute Gasteiger partial charge is 0.0508 e. The fourth-order valence-corrected chi connectivity index (χ4v) is 2.00. The van der Waals surface area contributed by atoms with Gasteiger partial charge in [0.2, 0.25) is 0 Å². The molecule has 0 saturated carbocycles. The van der Waals surface area contributed by atoms with Crippen LogP contribution in [0.1, 0.15) is 5.69 Å². The summed E-state index contributed by atoms with van der Waals surface area (Å²) in [7, 11) is 2.17. The van der Waals surface area contributed by atoms with Gasteiger partial charge in [0.25, 0.3) is 0 Å². The molecule has 0 aliphatic carbocycles. The van der Waals surface area contributed by atoms with Gasteiger partial charge in [0.05, 0.1) is 6.67 Å². The van der Waals surface area contributed by atoms with E-state index in [-0.39, 0.29) is 0 Å². The molecule has 84 valence electrons. The number of rotatable bonds is 4. The van der Waals surface area contributed by atoms with E-state index in [9.17, 15) is 0 Å². The van der Waals surface area contributed by atoms with Gasteiger partial charge in [0.1, 0.15) is 0 Å². The van der Waals surface area contributed by atoms with Crippen molar-refractivity contribution in [1.29, 1.82) is 0 Å². The molecular weight excluding hydrogens is 188 g/mol. The minimum Gasteiger partial charge on any atom is -0.364 e. The molecule has 0 amide bonds. The summed E-state index contributed by atoms with van der Waals surface area (Å²) < 4.78 is 0. The molecule has 1 saturated heterocycles. The number of aromatic nitrogens is 1. The number of hydrogen-bond donors (Lipinski definition) is 2. The maximum absolute atomic E-state index is 3.37. The van der Waals surface area contributed by atoms with Crippen molar-refractivity contribution >= 4 is 0 Å². The Kier molecular flexibility index (Phi) is 3.77. The first-order valence-electron chi connectivity index (χ1n) is 5.58. The molecule has 0 bridgehead atoms. The second-order valence-electron chi connectivity index (χ2n) is 4.22. The fourth-order valence-electron chi connectivity index (χ4n) is 2.00. The van der Waals surface area contributed by atoms with Crippen molar-refractivity contribution in [1.82, 2.24) is 20.1 Å². The zero-order valence-corrected chi connectivity index (χ0v) is 9.37. The molecule has 1 aromatic heterocycles. The monoisotopic (exact) mass is 208 g/mol. The van der Waals surface area contributed by atoms with Gasteiger partial charge in [-0.2, -0.15) is 0 Å². The molecule has 0 spiro atoms. The van der Waals surface area contributed by atoms with Crippen LogP contribution in [0.15, 0.2) is 18.3 Å². The lowest BCUT2D eigenvalue weighted by Gasteiger charge is -2.31. The van der Waals surface area contributed by atoms with Gasteiger partial charge in [0, 0.05) is 44.6 Å². The number of aromatic amines is 1. The first kappa shape index (κ1) is 10.7. The quantitative estimate of drug-likeness (QED) is 0.747. The predicted octanol–water partition coefficient (Wildman–Crippen LogP) is 0.309. The van der Waals surface area contributed by atoms with Gasteiger partial charge in [-0.05, 0) is 19.2 Å². The van der Waals surface area contributed by atoms with Crippen LogP contribution in [-0.2, 0) is 6.54 Å². The van der Waals surface area contributed by atoms with Crippen LogP contribution in [0.3, 0.4) is 0 Å². The van der Waals surface area contributed by atoms with Crippen molar-refractivity contribution in [2.75, 3.05) is 39.9 Å². The van der Waals surface area contributed by atoms with Crippen LogP contribution in [-0.4, -0.2) is 54.7 Å². The van der Waals surface area contributed by atoms with Crippen molar-refractivity contribution in [3.05, 3.63) is 24.0 Å². The summed E-state index contributed by atoms with van der Waals surface area (Å²) in [4.78, 5) is 8.06. The summed E-state index contributed by atoms with van der Waals surface area (Å²) in [6, 6.07) is 4.18. The Morgan fingerprint density at radius 1 is 1.40 bits per heavy atom. The topological polar surface area (TPSA) is 34.3 Å². The van der Waals surface area contributed by atoms with E-state index in [1.165, 1.54) is 5.69 Å². The highest BCUT2D eigenvalue weighted by molar-refractivity contribution is 5.02. The molecule has 4 nitrogen and oxygen atoms in total. The van der Waals surface area contributed by atoms with Crippen molar-refractivity contribution in [3.8, 4) is 0 Å². The minimum atomic E-state index is 0.997. The maximum Gasteiger partial charge on any atom is 0.0508 e. The van der Waals surface area contributed by atoms with E-state index in [4.69, 9.17) is 0 Å². The summed E-state index contributed by atoms with van der Waals surface area (Å²) >= 11 is 0. The van der Waals surface area contributed by atoms with E-state index in [2.05, 4.69) is 33.2 Å². The molecule has 1 aliphatic heterocycles. The molecule has 15 heavy (non-hydrogen) atoms. The van der Waals surface area contributed by atoms with Crippen molar-refractivity contribution in [3.63, 3.8) is 0 Å². The van der Waals surface area contributed by atoms with Crippen LogP contribution in [0.4, 0.5) is 0 Å². The molecule has 1 aliphatic rings. The lowest BCUT2D eigenvalue weighted by molar-refractivity contribution is 0.134. The Morgan fingerprint density at radius 3 is 2.87 bits per heavy atom. The lowest BCUT2D eigenvalue weighted by atomic mass is 10.3. The first-order valence-corrected chi connectivity index (χ1v) is 5.58. The molecule has 1 fully saturated rings. The van der Waals surface area contributed by atoms with E-state index >= 15 is 0 Å². The van der Waals surface area contributed by atoms with E-state index in [1.807, 2.05) is 12.3 Å². The van der Waals surface area contributed by atoms with E-state index in [0.717, 1.165) is 39.4 Å². The van der Waals surface area contributed by atoms with Crippen LogP contribution in [0.5, 0.6) is 0 Å². The zero-order valence-electron chi connectivity index (χ0n) is 9.37. The number of H-pyrrole nitrogens is 1. The Hall–Kier alpha value is -0.840. The highest BCUT2D eigenvalue weighted by atomic mass is 15.3. The molecule has 2 heterocycles. The second kappa shape index (κ2) is 5.30. The summed E-state index contributed by atoms with van der Waals surface area (Å²) in [6.45, 7) is 6.62. The third-order valence-electron chi connectivity index (χ3n) is 2.75. The minimum absolute atomic E-state index is 0.997. The molecule has 0 aromatic carbocycles. The molecule has 1 aromatic rings. The van der Waals surface area contributed by atoms with Crippen LogP contribution in [0.25, 0.3) is 0 Å². The maximum atomic E-state index is 3.37. The first-order chi connectivity index (χ1) is 7.34. The lowest BCUT2D eigenvalue weighted by Crippen LogP contribution is -2.47. The third kappa shape index (κ3) is 3.34. The highest BCUT2D eigenvalue weighted by Crippen LogP contribution is 2.01. The summed E-state index contributed by atoms with van der Waals surface area (Å²) in [5.74, 6) is 0. The van der Waals surface area contributed by atoms with Crippen LogP contribution in [0.2, 0.25) is 0 Å². The van der Waals surface area contributed by atoms with E-state index in [0.29, 0.717) is 0 Å². The summed E-state index contributed by atoms with van der Waals surface area (Å²) in [6.07, 6.45) is 1.98. The number of piperazine rings is 1. The Balaban J connectivity index is 1.74.